The molecule has 0 heterocycles. The maximum atomic E-state index is 9.00. The van der Waals surface area contributed by atoms with Crippen LogP contribution >= 0.6 is 0 Å². The van der Waals surface area contributed by atoms with Crippen LogP contribution in [-0.4, -0.2) is 29.3 Å². The van der Waals surface area contributed by atoms with Crippen LogP contribution in [0.2, 0.25) is 0 Å². The fraction of sp³-hybridized carbons (Fsp3) is 0.600. The van der Waals surface area contributed by atoms with E-state index in [1.807, 2.05) is 0 Å². The van der Waals surface area contributed by atoms with E-state index in [1.165, 1.54) is 0 Å². The van der Waals surface area contributed by atoms with Gasteiger partial charge in [-0.1, -0.05) is 0 Å². The molecular weight excluding hydrogens is 163 g/mol. The predicted octanol–water partition coefficient (Wildman–Crippen LogP) is -4.54. The first-order valence-electron chi connectivity index (χ1n) is 2.28. The summed E-state index contributed by atoms with van der Waals surface area (Å²) in [6.45, 7) is 2.06. The maximum Gasteiger partial charge on any atom is 1.00 e. The van der Waals surface area contributed by atoms with E-state index in [0.29, 0.717) is 0 Å². The van der Waals surface area contributed by atoms with Gasteiger partial charge >= 0.3 is 29.6 Å². The number of aliphatic hydroxyl groups is 1. The van der Waals surface area contributed by atoms with Gasteiger partial charge in [0.05, 0.1) is 0 Å². The van der Waals surface area contributed by atoms with Crippen LogP contribution in [-0.2, 0) is 9.59 Å². The van der Waals surface area contributed by atoms with Gasteiger partial charge < -0.3 is 20.1 Å². The first kappa shape index (κ1) is 22.4. The largest absolute Gasteiger partial charge is 1.00 e. The fourth-order valence-electron chi connectivity index (χ4n) is 0. The van der Waals surface area contributed by atoms with Gasteiger partial charge in [0.2, 0.25) is 0 Å². The Hall–Kier alpha value is -0.100. The second kappa shape index (κ2) is 22.5. The Balaban J connectivity index is -0.0000000339. The van der Waals surface area contributed by atoms with Crippen molar-refractivity contribution in [3.8, 4) is 0 Å². The SMILES string of the molecule is CC(=O)O.CC(=O)[O-].CO.[Na+]. The van der Waals surface area contributed by atoms with Crippen molar-refractivity contribution >= 4 is 11.9 Å². The van der Waals surface area contributed by atoms with Gasteiger partial charge in [0.1, 0.15) is 0 Å². The third kappa shape index (κ3) is 61800. The van der Waals surface area contributed by atoms with Crippen molar-refractivity contribution in [1.29, 1.82) is 0 Å². The number of hydrogen-bond acceptors (Lipinski definition) is 4. The van der Waals surface area contributed by atoms with Crippen molar-refractivity contribution < 1.29 is 54.5 Å². The molecule has 0 aliphatic rings. The Morgan fingerprint density at radius 3 is 1.18 bits per heavy atom. The molecule has 2 N–H and O–H groups in total. The maximum absolute atomic E-state index is 9.00. The average molecular weight is 174 g/mol. The molecule has 0 fully saturated rings. The Kier molecular flexibility index (Phi) is 46.0. The van der Waals surface area contributed by atoms with Crippen LogP contribution in [0.5, 0.6) is 0 Å². The van der Waals surface area contributed by atoms with E-state index in [-0.39, 0.29) is 29.6 Å². The summed E-state index contributed by atoms with van der Waals surface area (Å²) in [6.07, 6.45) is 0. The minimum absolute atomic E-state index is 0. The molecule has 0 saturated carbocycles. The van der Waals surface area contributed by atoms with Crippen molar-refractivity contribution in [2.75, 3.05) is 7.11 Å². The first-order valence-corrected chi connectivity index (χ1v) is 2.28. The molecule has 0 radical (unpaired) electrons. The van der Waals surface area contributed by atoms with E-state index in [4.69, 9.17) is 24.9 Å². The van der Waals surface area contributed by atoms with Crippen LogP contribution in [0.1, 0.15) is 13.8 Å². The Labute approximate surface area is 87.3 Å². The molecule has 0 rings (SSSR count). The van der Waals surface area contributed by atoms with Gasteiger partial charge in [-0.25, -0.2) is 0 Å². The Morgan fingerprint density at radius 2 is 1.18 bits per heavy atom. The normalized spacial score (nSPS) is 5.09. The van der Waals surface area contributed by atoms with Crippen molar-refractivity contribution in [2.45, 2.75) is 13.8 Å². The van der Waals surface area contributed by atoms with Gasteiger partial charge in [-0.2, -0.15) is 0 Å². The number of carboxylic acids is 2. The molecule has 0 atom stereocenters. The number of aliphatic carboxylic acids is 2. The smallest absolute Gasteiger partial charge is 0.550 e. The van der Waals surface area contributed by atoms with Crippen LogP contribution in [0, 0.1) is 0 Å². The van der Waals surface area contributed by atoms with Gasteiger partial charge in [0.15, 0.2) is 0 Å². The Bertz CT molecular complexity index is 72.9. The van der Waals surface area contributed by atoms with Crippen LogP contribution in [0.25, 0.3) is 0 Å². The summed E-state index contributed by atoms with van der Waals surface area (Å²) in [7, 11) is 1.00. The van der Waals surface area contributed by atoms with Gasteiger partial charge in [-0.05, 0) is 6.92 Å². The molecule has 11 heavy (non-hydrogen) atoms. The van der Waals surface area contributed by atoms with Crippen LogP contribution < -0.4 is 34.7 Å². The second-order valence-electron chi connectivity index (χ2n) is 1.01. The minimum atomic E-state index is -1.08. The number of carbonyl (C=O) groups excluding carboxylic acids is 1. The topological polar surface area (TPSA) is 97.7 Å². The third-order valence-corrected chi connectivity index (χ3v) is 0. The third-order valence-electron chi connectivity index (χ3n) is 0. The molecule has 0 aromatic carbocycles. The van der Waals surface area contributed by atoms with Gasteiger partial charge in [0, 0.05) is 20.0 Å². The molecule has 0 saturated heterocycles. The molecule has 0 amide bonds. The summed E-state index contributed by atoms with van der Waals surface area (Å²) in [6, 6.07) is 0. The van der Waals surface area contributed by atoms with Gasteiger partial charge in [-0.3, -0.25) is 4.79 Å². The first-order chi connectivity index (χ1) is 4.46. The van der Waals surface area contributed by atoms with Crippen molar-refractivity contribution in [3.05, 3.63) is 0 Å². The monoisotopic (exact) mass is 174 g/mol. The summed E-state index contributed by atoms with van der Waals surface area (Å²) < 4.78 is 0. The zero-order valence-electron chi connectivity index (χ0n) is 7.12. The minimum Gasteiger partial charge on any atom is -0.550 e. The molecular formula is C5H11NaO5. The van der Waals surface area contributed by atoms with Gasteiger partial charge in [0.25, 0.3) is 5.97 Å². The fourth-order valence-corrected chi connectivity index (χ4v) is 0. The number of carbonyl (C=O) groups is 2. The van der Waals surface area contributed by atoms with E-state index < -0.39 is 11.9 Å². The van der Waals surface area contributed by atoms with Crippen LogP contribution in [0.4, 0.5) is 0 Å². The molecule has 0 unspecified atom stereocenters. The summed E-state index contributed by atoms with van der Waals surface area (Å²) in [5.74, 6) is -1.92. The predicted molar refractivity (Wildman–Crippen MR) is 32.1 cm³/mol. The quantitative estimate of drug-likeness (QED) is 0.360. The zero-order valence-corrected chi connectivity index (χ0v) is 9.12. The van der Waals surface area contributed by atoms with Crippen LogP contribution in [0.15, 0.2) is 0 Å². The summed E-state index contributed by atoms with van der Waals surface area (Å²) in [4.78, 5) is 17.9. The van der Waals surface area contributed by atoms with Crippen LogP contribution in [0.3, 0.4) is 0 Å². The molecule has 6 heteroatoms. The molecule has 0 aliphatic carbocycles. The van der Waals surface area contributed by atoms with Crippen molar-refractivity contribution in [1.82, 2.24) is 0 Å². The van der Waals surface area contributed by atoms with E-state index in [0.717, 1.165) is 21.0 Å². The van der Waals surface area contributed by atoms with E-state index >= 15 is 0 Å². The van der Waals surface area contributed by atoms with E-state index in [9.17, 15) is 0 Å². The molecule has 5 nitrogen and oxygen atoms in total. The number of carboxylic acid groups (broad SMARTS) is 2. The molecule has 62 valence electrons. The van der Waals surface area contributed by atoms with Gasteiger partial charge in [-0.15, -0.1) is 0 Å². The summed E-state index contributed by atoms with van der Waals surface area (Å²) in [5, 5.41) is 23.3. The number of hydrogen-bond donors (Lipinski definition) is 2. The molecule has 0 aromatic heterocycles. The van der Waals surface area contributed by atoms with Crippen molar-refractivity contribution in [3.63, 3.8) is 0 Å². The standard InChI is InChI=1S/2C2H4O2.CH4O.Na/c2*1-2(3)4;1-2;/h2*1H3,(H,3,4);2H,1H3;/q;;;+1/p-1. The second-order valence-corrected chi connectivity index (χ2v) is 1.01. The molecule has 0 spiro atoms. The Morgan fingerprint density at radius 1 is 1.18 bits per heavy atom. The molecule has 0 bridgehead atoms. The zero-order chi connectivity index (χ0) is 9.15. The molecule has 0 aromatic rings. The number of rotatable bonds is 0. The average Bonchev–Trinajstić information content (AvgIpc) is 1.66. The number of aliphatic hydroxyl groups excluding tert-OH is 1. The summed E-state index contributed by atoms with van der Waals surface area (Å²) in [5.41, 5.74) is 0. The van der Waals surface area contributed by atoms with Crippen molar-refractivity contribution in [2.24, 2.45) is 0 Å². The van der Waals surface area contributed by atoms with E-state index in [2.05, 4.69) is 0 Å². The summed E-state index contributed by atoms with van der Waals surface area (Å²) >= 11 is 0. The molecule has 0 aliphatic heterocycles. The van der Waals surface area contributed by atoms with E-state index in [1.54, 1.807) is 0 Å².